The van der Waals surface area contributed by atoms with Gasteiger partial charge in [-0.2, -0.15) is 5.10 Å². The Balaban J connectivity index is 1.92. The highest BCUT2D eigenvalue weighted by Gasteiger charge is 2.30. The number of fused-ring (bicyclic) bond motifs is 1. The second-order valence-electron chi connectivity index (χ2n) is 5.25. The van der Waals surface area contributed by atoms with Crippen LogP contribution >= 0.6 is 0 Å². The van der Waals surface area contributed by atoms with Gasteiger partial charge in [-0.1, -0.05) is 0 Å². The molecular formula is C15H13F2N3O4. The van der Waals surface area contributed by atoms with Gasteiger partial charge in [-0.15, -0.1) is 0 Å². The number of hydrogen-bond acceptors (Lipinski definition) is 4. The number of halogens is 2. The lowest BCUT2D eigenvalue weighted by Crippen LogP contribution is -2.36. The van der Waals surface area contributed by atoms with Gasteiger partial charge in [0.25, 0.3) is 5.91 Å². The Labute approximate surface area is 134 Å². The topological polar surface area (TPSA) is 95.5 Å². The van der Waals surface area contributed by atoms with Crippen molar-refractivity contribution in [2.45, 2.75) is 13.0 Å². The predicted octanol–water partition coefficient (Wildman–Crippen LogP) is 1.59. The van der Waals surface area contributed by atoms with Crippen LogP contribution in [0, 0.1) is 11.6 Å². The maximum atomic E-state index is 14.3. The number of aromatic nitrogens is 2. The van der Waals surface area contributed by atoms with Gasteiger partial charge < -0.3 is 14.7 Å². The highest BCUT2D eigenvalue weighted by atomic mass is 19.1. The van der Waals surface area contributed by atoms with Crippen molar-refractivity contribution < 1.29 is 28.2 Å². The third-order valence-corrected chi connectivity index (χ3v) is 3.91. The van der Waals surface area contributed by atoms with Gasteiger partial charge in [0.15, 0.2) is 23.1 Å². The van der Waals surface area contributed by atoms with Crippen LogP contribution in [0.1, 0.15) is 32.1 Å². The second-order valence-corrected chi connectivity index (χ2v) is 5.25. The third kappa shape index (κ3) is 2.47. The standard InChI is InChI=1S/C15H13F2N3O4/c1-24-13-9(16)3-2-7(11(13)17)14(21)20-5-4-10-8(6-20)12(15(22)23)19-18-10/h2-3H,4-6H2,1H3,(H,18,19)(H,22,23). The number of methoxy groups -OCH3 is 1. The molecule has 0 aliphatic carbocycles. The summed E-state index contributed by atoms with van der Waals surface area (Å²) < 4.78 is 32.4. The summed E-state index contributed by atoms with van der Waals surface area (Å²) in [5, 5.41) is 15.5. The van der Waals surface area contributed by atoms with Gasteiger partial charge in [-0.3, -0.25) is 9.89 Å². The second kappa shape index (κ2) is 5.91. The van der Waals surface area contributed by atoms with E-state index in [9.17, 15) is 18.4 Å². The Morgan fingerprint density at radius 3 is 2.79 bits per heavy atom. The van der Waals surface area contributed by atoms with Crippen LogP contribution in [0.25, 0.3) is 0 Å². The number of nitrogens with one attached hydrogen (secondary N) is 1. The summed E-state index contributed by atoms with van der Waals surface area (Å²) >= 11 is 0. The van der Waals surface area contributed by atoms with E-state index in [0.717, 1.165) is 19.2 Å². The summed E-state index contributed by atoms with van der Waals surface area (Å²) in [6, 6.07) is 1.99. The van der Waals surface area contributed by atoms with E-state index in [1.54, 1.807) is 0 Å². The summed E-state index contributed by atoms with van der Waals surface area (Å²) in [6.45, 7) is 0.234. The van der Waals surface area contributed by atoms with E-state index in [0.29, 0.717) is 17.7 Å². The van der Waals surface area contributed by atoms with Crippen molar-refractivity contribution in [2.75, 3.05) is 13.7 Å². The minimum Gasteiger partial charge on any atom is -0.491 e. The molecule has 126 valence electrons. The first-order chi connectivity index (χ1) is 11.4. The van der Waals surface area contributed by atoms with Crippen LogP contribution in [-0.4, -0.2) is 45.7 Å². The molecule has 9 heteroatoms. The largest absolute Gasteiger partial charge is 0.491 e. The number of amides is 1. The molecule has 2 aromatic rings. The number of carbonyl (C=O) groups excluding carboxylic acids is 1. The zero-order valence-corrected chi connectivity index (χ0v) is 12.6. The first kappa shape index (κ1) is 15.9. The average Bonchev–Trinajstić information content (AvgIpc) is 2.98. The van der Waals surface area contributed by atoms with Gasteiger partial charge in [0, 0.05) is 24.2 Å². The molecule has 0 spiro atoms. The van der Waals surface area contributed by atoms with E-state index < -0.39 is 29.3 Å². The van der Waals surface area contributed by atoms with Gasteiger partial charge in [0.1, 0.15) is 0 Å². The lowest BCUT2D eigenvalue weighted by Gasteiger charge is -2.27. The van der Waals surface area contributed by atoms with Crippen LogP contribution in [0.15, 0.2) is 12.1 Å². The fraction of sp³-hybridized carbons (Fsp3) is 0.267. The Morgan fingerprint density at radius 2 is 2.12 bits per heavy atom. The van der Waals surface area contributed by atoms with E-state index >= 15 is 0 Å². The number of H-pyrrole nitrogens is 1. The molecule has 0 saturated carbocycles. The van der Waals surface area contributed by atoms with E-state index in [4.69, 9.17) is 5.11 Å². The Bertz CT molecular complexity index is 834. The van der Waals surface area contributed by atoms with Gasteiger partial charge >= 0.3 is 5.97 Å². The predicted molar refractivity (Wildman–Crippen MR) is 76.9 cm³/mol. The minimum absolute atomic E-state index is 0.0224. The minimum atomic E-state index is -1.21. The van der Waals surface area contributed by atoms with Crippen LogP contribution in [-0.2, 0) is 13.0 Å². The quantitative estimate of drug-likeness (QED) is 0.887. The Hall–Kier alpha value is -2.97. The zero-order chi connectivity index (χ0) is 17.4. The van der Waals surface area contributed by atoms with Crippen molar-refractivity contribution in [3.05, 3.63) is 46.3 Å². The number of carboxylic acids is 1. The van der Waals surface area contributed by atoms with Crippen LogP contribution in [0.2, 0.25) is 0 Å². The molecule has 0 radical (unpaired) electrons. The highest BCUT2D eigenvalue weighted by molar-refractivity contribution is 5.95. The smallest absolute Gasteiger partial charge is 0.356 e. The van der Waals surface area contributed by atoms with Gasteiger partial charge in [-0.25, -0.2) is 13.6 Å². The number of aromatic amines is 1. The molecule has 7 nitrogen and oxygen atoms in total. The molecule has 0 unspecified atom stereocenters. The van der Waals surface area contributed by atoms with Crippen molar-refractivity contribution in [3.63, 3.8) is 0 Å². The summed E-state index contributed by atoms with van der Waals surface area (Å²) in [4.78, 5) is 25.0. The lowest BCUT2D eigenvalue weighted by molar-refractivity contribution is 0.0673. The number of hydrogen-bond donors (Lipinski definition) is 2. The average molecular weight is 337 g/mol. The first-order valence-electron chi connectivity index (χ1n) is 7.04. The fourth-order valence-corrected chi connectivity index (χ4v) is 2.70. The third-order valence-electron chi connectivity index (χ3n) is 3.91. The van der Waals surface area contributed by atoms with Crippen LogP contribution in [0.4, 0.5) is 8.78 Å². The number of carboxylic acid groups (broad SMARTS) is 1. The van der Waals surface area contributed by atoms with Crippen LogP contribution < -0.4 is 4.74 Å². The maximum Gasteiger partial charge on any atom is 0.356 e. The molecule has 1 amide bonds. The van der Waals surface area contributed by atoms with E-state index in [1.165, 1.54) is 4.90 Å². The molecule has 1 aromatic carbocycles. The fourth-order valence-electron chi connectivity index (χ4n) is 2.70. The van der Waals surface area contributed by atoms with E-state index in [1.807, 2.05) is 0 Å². The van der Waals surface area contributed by atoms with E-state index in [2.05, 4.69) is 14.9 Å². The van der Waals surface area contributed by atoms with Gasteiger partial charge in [0.05, 0.1) is 19.2 Å². The molecule has 3 rings (SSSR count). The number of rotatable bonds is 3. The van der Waals surface area contributed by atoms with Gasteiger partial charge in [0.2, 0.25) is 0 Å². The van der Waals surface area contributed by atoms with Crippen LogP contribution in [0.3, 0.4) is 0 Å². The Kier molecular flexibility index (Phi) is 3.92. The van der Waals surface area contributed by atoms with Crippen molar-refractivity contribution in [1.29, 1.82) is 0 Å². The first-order valence-corrected chi connectivity index (χ1v) is 7.04. The number of nitrogens with zero attached hydrogens (tertiary/aromatic N) is 2. The summed E-state index contributed by atoms with van der Waals surface area (Å²) in [7, 11) is 1.10. The SMILES string of the molecule is COc1c(F)ccc(C(=O)N2CCc3[nH]nc(C(=O)O)c3C2)c1F. The number of benzene rings is 1. The number of ether oxygens (including phenoxy) is 1. The lowest BCUT2D eigenvalue weighted by atomic mass is 10.0. The highest BCUT2D eigenvalue weighted by Crippen LogP contribution is 2.27. The number of carbonyl (C=O) groups is 2. The monoisotopic (exact) mass is 337 g/mol. The molecule has 1 aliphatic rings. The maximum absolute atomic E-state index is 14.3. The Morgan fingerprint density at radius 1 is 1.38 bits per heavy atom. The molecule has 24 heavy (non-hydrogen) atoms. The molecule has 0 fully saturated rings. The van der Waals surface area contributed by atoms with Gasteiger partial charge in [-0.05, 0) is 12.1 Å². The van der Waals surface area contributed by atoms with Crippen LogP contribution in [0.5, 0.6) is 5.75 Å². The number of aromatic carboxylic acids is 1. The van der Waals surface area contributed by atoms with E-state index in [-0.39, 0.29) is 24.3 Å². The normalized spacial score (nSPS) is 13.5. The van der Waals surface area contributed by atoms with Crippen molar-refractivity contribution in [1.82, 2.24) is 15.1 Å². The molecule has 0 bridgehead atoms. The molecular weight excluding hydrogens is 324 g/mol. The molecule has 1 aromatic heterocycles. The van der Waals surface area contributed by atoms with Crippen molar-refractivity contribution >= 4 is 11.9 Å². The molecule has 1 aliphatic heterocycles. The summed E-state index contributed by atoms with van der Waals surface area (Å²) in [5.41, 5.74) is 0.516. The molecule has 2 N–H and O–H groups in total. The zero-order valence-electron chi connectivity index (χ0n) is 12.6. The van der Waals surface area contributed by atoms with Crippen molar-refractivity contribution in [3.8, 4) is 5.75 Å². The molecule has 0 saturated heterocycles. The summed E-state index contributed by atoms with van der Waals surface area (Å²) in [6.07, 6.45) is 0.362. The molecule has 0 atom stereocenters. The van der Waals surface area contributed by atoms with Crippen molar-refractivity contribution in [2.24, 2.45) is 0 Å². The summed E-state index contributed by atoms with van der Waals surface area (Å²) in [5.74, 6) is -4.51. The molecule has 2 heterocycles.